The minimum Gasteiger partial charge on any atom is -0.305 e. The highest BCUT2D eigenvalue weighted by atomic mass is 35.5. The Morgan fingerprint density at radius 3 is 2.52 bits per heavy atom. The van der Waals surface area contributed by atoms with E-state index in [4.69, 9.17) is 23.2 Å². The second kappa shape index (κ2) is 6.73. The summed E-state index contributed by atoms with van der Waals surface area (Å²) in [4.78, 5) is 0. The first kappa shape index (κ1) is 16.2. The van der Waals surface area contributed by atoms with Crippen molar-refractivity contribution in [1.82, 2.24) is 15.1 Å². The first-order valence-corrected chi connectivity index (χ1v) is 7.26. The molecule has 3 nitrogen and oxygen atoms in total. The van der Waals surface area contributed by atoms with Crippen molar-refractivity contribution < 1.29 is 8.78 Å². The summed E-state index contributed by atoms with van der Waals surface area (Å²) in [6.07, 6.45) is 2.31. The van der Waals surface area contributed by atoms with Gasteiger partial charge in [0.05, 0.1) is 28.0 Å². The Hall–Kier alpha value is -1.17. The molecule has 0 bridgehead atoms. The normalized spacial score (nSPS) is 12.7. The second-order valence-corrected chi connectivity index (χ2v) is 5.49. The van der Waals surface area contributed by atoms with Crippen LogP contribution in [0.4, 0.5) is 8.78 Å². The zero-order chi connectivity index (χ0) is 15.6. The van der Waals surface area contributed by atoms with Crippen molar-refractivity contribution in [3.8, 4) is 0 Å². The van der Waals surface area contributed by atoms with Gasteiger partial charge < -0.3 is 5.32 Å². The van der Waals surface area contributed by atoms with E-state index >= 15 is 0 Å². The molecule has 0 saturated carbocycles. The van der Waals surface area contributed by atoms with Crippen molar-refractivity contribution >= 4 is 23.2 Å². The van der Waals surface area contributed by atoms with E-state index in [1.807, 2.05) is 6.92 Å². The number of hydrogen-bond donors (Lipinski definition) is 1. The van der Waals surface area contributed by atoms with Crippen LogP contribution in [0.3, 0.4) is 0 Å². The third-order valence-corrected chi connectivity index (χ3v) is 3.74. The van der Waals surface area contributed by atoms with E-state index in [-0.39, 0.29) is 10.6 Å². The van der Waals surface area contributed by atoms with Crippen LogP contribution in [-0.4, -0.2) is 16.3 Å². The molecule has 1 N–H and O–H groups in total. The van der Waals surface area contributed by atoms with Crippen molar-refractivity contribution in [3.63, 3.8) is 0 Å². The highest BCUT2D eigenvalue weighted by Crippen LogP contribution is 2.31. The smallest absolute Gasteiger partial charge is 0.142 e. The molecule has 0 aliphatic carbocycles. The lowest BCUT2D eigenvalue weighted by Crippen LogP contribution is -2.26. The predicted molar refractivity (Wildman–Crippen MR) is 79.7 cm³/mol. The Balaban J connectivity index is 2.53. The quantitative estimate of drug-likeness (QED) is 0.835. The molecule has 0 aliphatic heterocycles. The third-order valence-electron chi connectivity index (χ3n) is 3.16. The van der Waals surface area contributed by atoms with Crippen LogP contribution in [-0.2, 0) is 7.05 Å². The second-order valence-electron chi connectivity index (χ2n) is 4.68. The molecule has 0 radical (unpaired) electrons. The molecular weight excluding hydrogens is 319 g/mol. The number of benzene rings is 1. The lowest BCUT2D eigenvalue weighted by atomic mass is 10.0. The summed E-state index contributed by atoms with van der Waals surface area (Å²) in [6, 6.07) is 1.46. The summed E-state index contributed by atoms with van der Waals surface area (Å²) in [5.41, 5.74) is 0.724. The summed E-state index contributed by atoms with van der Waals surface area (Å²) >= 11 is 11.7. The number of aromatic nitrogens is 2. The van der Waals surface area contributed by atoms with Crippen molar-refractivity contribution in [2.75, 3.05) is 6.54 Å². The van der Waals surface area contributed by atoms with Crippen molar-refractivity contribution in [2.24, 2.45) is 7.05 Å². The van der Waals surface area contributed by atoms with Crippen LogP contribution in [0.1, 0.15) is 30.6 Å². The Morgan fingerprint density at radius 2 is 1.95 bits per heavy atom. The molecule has 0 fully saturated rings. The average Bonchev–Trinajstić information content (AvgIpc) is 2.76. The molecule has 2 rings (SSSR count). The van der Waals surface area contributed by atoms with E-state index in [1.165, 1.54) is 6.20 Å². The minimum absolute atomic E-state index is 0.149. The molecule has 114 valence electrons. The molecule has 0 aliphatic rings. The highest BCUT2D eigenvalue weighted by Gasteiger charge is 2.24. The third kappa shape index (κ3) is 3.36. The number of hydrogen-bond acceptors (Lipinski definition) is 2. The van der Waals surface area contributed by atoms with E-state index in [1.54, 1.807) is 11.7 Å². The molecule has 1 atom stereocenters. The largest absolute Gasteiger partial charge is 0.305 e. The molecule has 2 aromatic rings. The van der Waals surface area contributed by atoms with Gasteiger partial charge in [0.25, 0.3) is 0 Å². The molecule has 7 heteroatoms. The van der Waals surface area contributed by atoms with Gasteiger partial charge in [-0.25, -0.2) is 8.78 Å². The summed E-state index contributed by atoms with van der Waals surface area (Å²) in [5.74, 6) is -1.26. The first-order chi connectivity index (χ1) is 9.95. The summed E-state index contributed by atoms with van der Waals surface area (Å²) in [5, 5.41) is 7.35. The van der Waals surface area contributed by atoms with Gasteiger partial charge in [-0.05, 0) is 25.1 Å². The minimum atomic E-state index is -0.672. The molecule has 0 saturated heterocycles. The molecule has 0 spiro atoms. The van der Waals surface area contributed by atoms with Crippen LogP contribution in [0, 0.1) is 11.6 Å². The van der Waals surface area contributed by atoms with Crippen LogP contribution in [0.15, 0.2) is 18.3 Å². The zero-order valence-electron chi connectivity index (χ0n) is 11.6. The Morgan fingerprint density at radius 1 is 1.24 bits per heavy atom. The fourth-order valence-electron chi connectivity index (χ4n) is 2.15. The van der Waals surface area contributed by atoms with E-state index in [2.05, 4.69) is 10.4 Å². The van der Waals surface area contributed by atoms with Gasteiger partial charge >= 0.3 is 0 Å². The Labute approximate surface area is 131 Å². The summed E-state index contributed by atoms with van der Waals surface area (Å²) in [7, 11) is 1.70. The standard InChI is InChI=1S/C14H15Cl2F2N3/c1-3-4-19-13(14-10(16)7-20-21(14)2)8-5-12(18)9(15)6-11(8)17/h5-7,13,19H,3-4H2,1-2H3. The lowest BCUT2D eigenvalue weighted by molar-refractivity contribution is 0.513. The number of aryl methyl sites for hydroxylation is 1. The Bertz CT molecular complexity index is 624. The van der Waals surface area contributed by atoms with Gasteiger partial charge in [0.15, 0.2) is 0 Å². The maximum Gasteiger partial charge on any atom is 0.142 e. The molecular formula is C14H15Cl2F2N3. The van der Waals surface area contributed by atoms with Crippen LogP contribution >= 0.6 is 23.2 Å². The maximum absolute atomic E-state index is 14.2. The van der Waals surface area contributed by atoms with Crippen molar-refractivity contribution in [3.05, 3.63) is 51.3 Å². The SMILES string of the molecule is CCCNC(c1cc(F)c(Cl)cc1F)c1c(Cl)cnn1C. The predicted octanol–water partition coefficient (Wildman–Crippen LogP) is 4.09. The number of nitrogens with one attached hydrogen (secondary N) is 1. The van der Waals surface area contributed by atoms with Crippen LogP contribution in [0.2, 0.25) is 10.0 Å². The maximum atomic E-state index is 14.2. The molecule has 1 unspecified atom stereocenters. The molecule has 0 amide bonds. The van der Waals surface area contributed by atoms with E-state index in [0.717, 1.165) is 18.6 Å². The highest BCUT2D eigenvalue weighted by molar-refractivity contribution is 6.31. The van der Waals surface area contributed by atoms with Crippen molar-refractivity contribution in [2.45, 2.75) is 19.4 Å². The topological polar surface area (TPSA) is 29.9 Å². The molecule has 1 aromatic heterocycles. The average molecular weight is 334 g/mol. The van der Waals surface area contributed by atoms with Crippen molar-refractivity contribution in [1.29, 1.82) is 0 Å². The summed E-state index contributed by atoms with van der Waals surface area (Å²) in [6.45, 7) is 2.60. The monoisotopic (exact) mass is 333 g/mol. The van der Waals surface area contributed by atoms with E-state index in [0.29, 0.717) is 17.3 Å². The van der Waals surface area contributed by atoms with Gasteiger partial charge in [-0.15, -0.1) is 0 Å². The zero-order valence-corrected chi connectivity index (χ0v) is 13.1. The molecule has 21 heavy (non-hydrogen) atoms. The van der Waals surface area contributed by atoms with Crippen LogP contribution in [0.25, 0.3) is 0 Å². The van der Waals surface area contributed by atoms with Gasteiger partial charge in [-0.3, -0.25) is 4.68 Å². The molecule has 1 aromatic carbocycles. The van der Waals surface area contributed by atoms with Gasteiger partial charge in [-0.1, -0.05) is 30.1 Å². The van der Waals surface area contributed by atoms with E-state index in [9.17, 15) is 8.78 Å². The Kier molecular flexibility index (Phi) is 5.19. The van der Waals surface area contributed by atoms with Crippen LogP contribution in [0.5, 0.6) is 0 Å². The first-order valence-electron chi connectivity index (χ1n) is 6.51. The number of nitrogens with zero attached hydrogens (tertiary/aromatic N) is 2. The summed E-state index contributed by atoms with van der Waals surface area (Å²) < 4.78 is 29.4. The fraction of sp³-hybridized carbons (Fsp3) is 0.357. The van der Waals surface area contributed by atoms with Gasteiger partial charge in [0.1, 0.15) is 11.6 Å². The molecule has 1 heterocycles. The van der Waals surface area contributed by atoms with Gasteiger partial charge in [0.2, 0.25) is 0 Å². The van der Waals surface area contributed by atoms with Gasteiger partial charge in [-0.2, -0.15) is 5.10 Å². The fourth-order valence-corrected chi connectivity index (χ4v) is 2.57. The van der Waals surface area contributed by atoms with E-state index < -0.39 is 17.7 Å². The number of halogens is 4. The lowest BCUT2D eigenvalue weighted by Gasteiger charge is -2.21. The van der Waals surface area contributed by atoms with Gasteiger partial charge in [0, 0.05) is 12.6 Å². The number of rotatable bonds is 5. The van der Waals surface area contributed by atoms with Crippen LogP contribution < -0.4 is 5.32 Å².